The molecule has 0 aliphatic carbocycles. The molecule has 3 rings (SSSR count). The van der Waals surface area contributed by atoms with E-state index >= 15 is 0 Å². The Kier molecular flexibility index (Phi) is 2.92. The molecule has 3 aromatic rings. The van der Waals surface area contributed by atoms with Gasteiger partial charge in [0.25, 0.3) is 0 Å². The lowest BCUT2D eigenvalue weighted by Crippen LogP contribution is -1.96. The Hall–Kier alpha value is -1.61. The van der Waals surface area contributed by atoms with Gasteiger partial charge in [-0.3, -0.25) is 4.98 Å². The number of nitrogens with zero attached hydrogens (tertiary/aromatic N) is 2. The van der Waals surface area contributed by atoms with Crippen molar-refractivity contribution in [2.24, 2.45) is 0 Å². The van der Waals surface area contributed by atoms with Crippen LogP contribution in [-0.2, 0) is 0 Å². The first-order chi connectivity index (χ1) is 8.75. The van der Waals surface area contributed by atoms with Crippen LogP contribution in [0.25, 0.3) is 5.52 Å². The van der Waals surface area contributed by atoms with Gasteiger partial charge in [0.1, 0.15) is 0 Å². The van der Waals surface area contributed by atoms with Gasteiger partial charge >= 0.3 is 0 Å². The number of rotatable bonds is 2. The highest BCUT2D eigenvalue weighted by Gasteiger charge is 2.13. The first-order valence-electron chi connectivity index (χ1n) is 5.92. The molecule has 3 aromatic heterocycles. The van der Waals surface area contributed by atoms with Crippen LogP contribution in [0.3, 0.4) is 0 Å². The summed E-state index contributed by atoms with van der Waals surface area (Å²) in [6, 6.07) is 10.5. The van der Waals surface area contributed by atoms with Crippen LogP contribution >= 0.6 is 15.9 Å². The molecule has 3 heteroatoms. The summed E-state index contributed by atoms with van der Waals surface area (Å²) in [4.78, 5) is 4.11. The molecule has 0 aliphatic heterocycles. The van der Waals surface area contributed by atoms with E-state index in [1.54, 1.807) is 0 Å². The number of aromatic nitrogens is 2. The van der Waals surface area contributed by atoms with Gasteiger partial charge < -0.3 is 4.40 Å². The standard InChI is InChI=1S/C15H13BrN2/c1-11(14-5-6-17-9-15(14)16)12-8-13-4-2-3-7-18(13)10-12/h2-11H,1H3. The van der Waals surface area contributed by atoms with E-state index < -0.39 is 0 Å². The summed E-state index contributed by atoms with van der Waals surface area (Å²) in [7, 11) is 0. The molecule has 0 spiro atoms. The Morgan fingerprint density at radius 3 is 2.94 bits per heavy atom. The van der Waals surface area contributed by atoms with Crippen LogP contribution in [0, 0.1) is 0 Å². The third-order valence-corrected chi connectivity index (χ3v) is 3.96. The van der Waals surface area contributed by atoms with Gasteiger partial charge in [-0.1, -0.05) is 13.0 Å². The first kappa shape index (κ1) is 11.5. The van der Waals surface area contributed by atoms with Crippen molar-refractivity contribution in [2.45, 2.75) is 12.8 Å². The lowest BCUT2D eigenvalue weighted by Gasteiger charge is -2.11. The van der Waals surface area contributed by atoms with Crippen molar-refractivity contribution in [3.8, 4) is 0 Å². The molecule has 0 saturated heterocycles. The second-order valence-electron chi connectivity index (χ2n) is 4.43. The number of fused-ring (bicyclic) bond motifs is 1. The highest BCUT2D eigenvalue weighted by molar-refractivity contribution is 9.10. The van der Waals surface area contributed by atoms with Crippen molar-refractivity contribution in [2.75, 3.05) is 0 Å². The van der Waals surface area contributed by atoms with Crippen molar-refractivity contribution in [3.63, 3.8) is 0 Å². The van der Waals surface area contributed by atoms with Crippen LogP contribution in [0.1, 0.15) is 24.0 Å². The Morgan fingerprint density at radius 1 is 1.28 bits per heavy atom. The number of pyridine rings is 2. The van der Waals surface area contributed by atoms with Crippen LogP contribution in [0.5, 0.6) is 0 Å². The molecule has 0 aliphatic rings. The van der Waals surface area contributed by atoms with Gasteiger partial charge in [-0.25, -0.2) is 0 Å². The summed E-state index contributed by atoms with van der Waals surface area (Å²) >= 11 is 3.57. The molecule has 0 amide bonds. The second kappa shape index (κ2) is 4.58. The fourth-order valence-corrected chi connectivity index (χ4v) is 2.82. The Labute approximate surface area is 114 Å². The summed E-state index contributed by atoms with van der Waals surface area (Å²) in [5.41, 5.74) is 3.80. The molecule has 0 N–H and O–H groups in total. The molecule has 0 radical (unpaired) electrons. The molecule has 1 unspecified atom stereocenters. The summed E-state index contributed by atoms with van der Waals surface area (Å²) in [5.74, 6) is 0.349. The number of hydrogen-bond acceptors (Lipinski definition) is 1. The van der Waals surface area contributed by atoms with Gasteiger partial charge in [0.15, 0.2) is 0 Å². The van der Waals surface area contributed by atoms with Crippen LogP contribution in [-0.4, -0.2) is 9.38 Å². The summed E-state index contributed by atoms with van der Waals surface area (Å²) < 4.78 is 3.22. The molecule has 1 atom stereocenters. The Bertz CT molecular complexity index is 655. The van der Waals surface area contributed by atoms with Crippen LogP contribution in [0.2, 0.25) is 0 Å². The van der Waals surface area contributed by atoms with Crippen molar-refractivity contribution in [1.29, 1.82) is 0 Å². The second-order valence-corrected chi connectivity index (χ2v) is 5.28. The van der Waals surface area contributed by atoms with Crippen LogP contribution in [0.15, 0.2) is 59.6 Å². The summed E-state index contributed by atoms with van der Waals surface area (Å²) in [6.45, 7) is 2.22. The lowest BCUT2D eigenvalue weighted by molar-refractivity contribution is 0.908. The topological polar surface area (TPSA) is 17.3 Å². The molecule has 18 heavy (non-hydrogen) atoms. The van der Waals surface area contributed by atoms with E-state index in [4.69, 9.17) is 0 Å². The largest absolute Gasteiger partial charge is 0.324 e. The van der Waals surface area contributed by atoms with E-state index in [1.165, 1.54) is 16.6 Å². The van der Waals surface area contributed by atoms with Crippen molar-refractivity contribution in [1.82, 2.24) is 9.38 Å². The predicted octanol–water partition coefficient (Wildman–Crippen LogP) is 4.25. The predicted molar refractivity (Wildman–Crippen MR) is 76.9 cm³/mol. The minimum Gasteiger partial charge on any atom is -0.324 e. The van der Waals surface area contributed by atoms with Gasteiger partial charge in [0.2, 0.25) is 0 Å². The molecule has 3 heterocycles. The van der Waals surface area contributed by atoms with E-state index in [0.29, 0.717) is 5.92 Å². The molecule has 90 valence electrons. The van der Waals surface area contributed by atoms with E-state index in [-0.39, 0.29) is 0 Å². The molecule has 0 bridgehead atoms. The van der Waals surface area contributed by atoms with E-state index in [2.05, 4.69) is 68.9 Å². The molecular weight excluding hydrogens is 288 g/mol. The quantitative estimate of drug-likeness (QED) is 0.691. The third kappa shape index (κ3) is 1.95. The maximum Gasteiger partial charge on any atom is 0.0452 e. The minimum absolute atomic E-state index is 0.349. The number of hydrogen-bond donors (Lipinski definition) is 0. The normalized spacial score (nSPS) is 12.8. The fraction of sp³-hybridized carbons (Fsp3) is 0.133. The zero-order valence-electron chi connectivity index (χ0n) is 10.0. The van der Waals surface area contributed by atoms with Gasteiger partial charge in [-0.15, -0.1) is 0 Å². The van der Waals surface area contributed by atoms with E-state index in [9.17, 15) is 0 Å². The van der Waals surface area contributed by atoms with Gasteiger partial charge in [0.05, 0.1) is 0 Å². The van der Waals surface area contributed by atoms with Crippen LogP contribution in [0.4, 0.5) is 0 Å². The Balaban J connectivity index is 2.07. The maximum atomic E-state index is 4.11. The zero-order valence-corrected chi connectivity index (χ0v) is 11.6. The van der Waals surface area contributed by atoms with Gasteiger partial charge in [-0.2, -0.15) is 0 Å². The Morgan fingerprint density at radius 2 is 2.17 bits per heavy atom. The first-order valence-corrected chi connectivity index (χ1v) is 6.71. The minimum atomic E-state index is 0.349. The van der Waals surface area contributed by atoms with E-state index in [0.717, 1.165) is 4.47 Å². The monoisotopic (exact) mass is 300 g/mol. The average Bonchev–Trinajstić information content (AvgIpc) is 2.82. The summed E-state index contributed by atoms with van der Waals surface area (Å²) in [6.07, 6.45) is 7.95. The van der Waals surface area contributed by atoms with Crippen molar-refractivity contribution >= 4 is 21.4 Å². The smallest absolute Gasteiger partial charge is 0.0452 e. The third-order valence-electron chi connectivity index (χ3n) is 3.30. The van der Waals surface area contributed by atoms with Crippen molar-refractivity contribution in [3.05, 3.63) is 70.7 Å². The average molecular weight is 301 g/mol. The molecule has 2 nitrogen and oxygen atoms in total. The SMILES string of the molecule is CC(c1cc2ccccn2c1)c1ccncc1Br. The molecular formula is C15H13BrN2. The van der Waals surface area contributed by atoms with E-state index in [1.807, 2.05) is 18.5 Å². The fourth-order valence-electron chi connectivity index (χ4n) is 2.23. The highest BCUT2D eigenvalue weighted by Crippen LogP contribution is 2.30. The van der Waals surface area contributed by atoms with Crippen LogP contribution < -0.4 is 0 Å². The molecule has 0 aromatic carbocycles. The number of halogens is 1. The highest BCUT2D eigenvalue weighted by atomic mass is 79.9. The molecule has 0 fully saturated rings. The van der Waals surface area contributed by atoms with Crippen molar-refractivity contribution < 1.29 is 0 Å². The maximum absolute atomic E-state index is 4.11. The lowest BCUT2D eigenvalue weighted by atomic mass is 9.96. The van der Waals surface area contributed by atoms with Gasteiger partial charge in [0, 0.05) is 40.7 Å². The molecule has 0 saturated carbocycles. The van der Waals surface area contributed by atoms with Gasteiger partial charge in [-0.05, 0) is 51.3 Å². The summed E-state index contributed by atoms with van der Waals surface area (Å²) in [5, 5.41) is 0. The zero-order chi connectivity index (χ0) is 12.5.